The van der Waals surface area contributed by atoms with Crippen LogP contribution in [0.15, 0.2) is 35.9 Å². The third-order valence-electron chi connectivity index (χ3n) is 10.9. The van der Waals surface area contributed by atoms with Crippen molar-refractivity contribution in [2.45, 2.75) is 98.0 Å². The predicted octanol–water partition coefficient (Wildman–Crippen LogP) is 6.83. The highest BCUT2D eigenvalue weighted by atomic mass is 16.3. The van der Waals surface area contributed by atoms with Crippen LogP contribution in [0.4, 0.5) is 0 Å². The number of carbonyl (C=O) groups is 1. The number of fused-ring (bicyclic) bond motifs is 5. The summed E-state index contributed by atoms with van der Waals surface area (Å²) in [6.07, 6.45) is 12.8. The van der Waals surface area contributed by atoms with Crippen LogP contribution in [0.2, 0.25) is 0 Å². The number of Topliss-reactive ketones (excluding diaryl/α,β-unsaturated/α-hetero) is 1. The lowest BCUT2D eigenvalue weighted by molar-refractivity contribution is -0.136. The average Bonchev–Trinajstić information content (AvgIpc) is 3.12. The first-order chi connectivity index (χ1) is 15.2. The zero-order valence-corrected chi connectivity index (χ0v) is 20.6. The van der Waals surface area contributed by atoms with E-state index in [1.54, 1.807) is 0 Å². The van der Waals surface area contributed by atoms with Crippen LogP contribution >= 0.6 is 0 Å². The summed E-state index contributed by atoms with van der Waals surface area (Å²) in [5.41, 5.74) is 4.86. The van der Waals surface area contributed by atoms with Crippen molar-refractivity contribution >= 4 is 5.78 Å². The smallest absolute Gasteiger partial charge is 0.136 e. The fourth-order valence-corrected chi connectivity index (χ4v) is 9.15. The molecule has 0 aliphatic heterocycles. The van der Waals surface area contributed by atoms with Crippen LogP contribution in [0, 0.1) is 40.9 Å². The van der Waals surface area contributed by atoms with Crippen molar-refractivity contribution in [2.75, 3.05) is 0 Å². The fourth-order valence-electron chi connectivity index (χ4n) is 9.15. The molecule has 4 aliphatic carbocycles. The molecule has 7 atom stereocenters. The fraction of sp³-hybridized carbons (Fsp3) is 0.700. The van der Waals surface area contributed by atoms with Crippen LogP contribution in [0.3, 0.4) is 0 Å². The molecule has 0 spiro atoms. The summed E-state index contributed by atoms with van der Waals surface area (Å²) in [4.78, 5) is 13.5. The summed E-state index contributed by atoms with van der Waals surface area (Å²) in [7, 11) is 0. The third-order valence-corrected chi connectivity index (χ3v) is 10.9. The minimum absolute atomic E-state index is 0.144. The number of hydrogen-bond donors (Lipinski definition) is 1. The molecular formula is C30H42O2. The van der Waals surface area contributed by atoms with Crippen molar-refractivity contribution in [3.8, 4) is 0 Å². The molecule has 5 rings (SSSR count). The molecule has 3 fully saturated rings. The molecule has 0 heterocycles. The Balaban J connectivity index is 1.36. The van der Waals surface area contributed by atoms with Gasteiger partial charge in [-0.25, -0.2) is 0 Å². The lowest BCUT2D eigenvalue weighted by atomic mass is 9.41. The van der Waals surface area contributed by atoms with Gasteiger partial charge in [0, 0.05) is 12.3 Å². The summed E-state index contributed by atoms with van der Waals surface area (Å²) >= 11 is 0. The van der Waals surface area contributed by atoms with E-state index < -0.39 is 0 Å². The molecular weight excluding hydrogens is 392 g/mol. The number of aryl methyl sites for hydroxylation is 2. The maximum atomic E-state index is 13.5. The topological polar surface area (TPSA) is 37.3 Å². The molecule has 32 heavy (non-hydrogen) atoms. The Bertz CT molecular complexity index is 931. The van der Waals surface area contributed by atoms with Crippen LogP contribution in [0.5, 0.6) is 0 Å². The summed E-state index contributed by atoms with van der Waals surface area (Å²) < 4.78 is 0. The van der Waals surface area contributed by atoms with E-state index >= 15 is 0 Å². The Labute approximate surface area is 194 Å². The second-order valence-corrected chi connectivity index (χ2v) is 12.4. The molecule has 2 nitrogen and oxygen atoms in total. The maximum Gasteiger partial charge on any atom is 0.136 e. The summed E-state index contributed by atoms with van der Waals surface area (Å²) in [6, 6.07) is 8.52. The number of carbonyl (C=O) groups excluding carboxylic acids is 1. The first kappa shape index (κ1) is 22.4. The Hall–Kier alpha value is -1.41. The van der Waals surface area contributed by atoms with Gasteiger partial charge < -0.3 is 5.11 Å². The van der Waals surface area contributed by atoms with Crippen molar-refractivity contribution in [1.82, 2.24) is 0 Å². The number of allylic oxidation sites excluding steroid dienone is 1. The Morgan fingerprint density at radius 1 is 1.00 bits per heavy atom. The SMILES string of the molecule is Cc1ccccc1CCC(=O)[C@H]1CC[C@@H]2[C@]1(C)CC[C@H]1[C@@]2(C)CC=C2C[C@@H](O)CC[C@@]21C. The molecule has 3 saturated carbocycles. The number of ketones is 1. The van der Waals surface area contributed by atoms with Gasteiger partial charge in [0.25, 0.3) is 0 Å². The van der Waals surface area contributed by atoms with E-state index in [1.807, 2.05) is 0 Å². The van der Waals surface area contributed by atoms with Gasteiger partial charge >= 0.3 is 0 Å². The molecule has 1 aromatic carbocycles. The van der Waals surface area contributed by atoms with Crippen molar-refractivity contribution in [3.05, 3.63) is 47.0 Å². The van der Waals surface area contributed by atoms with E-state index in [0.717, 1.165) is 38.5 Å². The number of rotatable bonds is 4. The predicted molar refractivity (Wildman–Crippen MR) is 130 cm³/mol. The van der Waals surface area contributed by atoms with Gasteiger partial charge in [0.15, 0.2) is 0 Å². The molecule has 4 aliphatic rings. The number of benzene rings is 1. The third kappa shape index (κ3) is 3.27. The van der Waals surface area contributed by atoms with Gasteiger partial charge in [-0.1, -0.05) is 56.7 Å². The lowest BCUT2D eigenvalue weighted by Crippen LogP contribution is -2.56. The monoisotopic (exact) mass is 434 g/mol. The minimum atomic E-state index is -0.144. The zero-order chi connectivity index (χ0) is 22.7. The van der Waals surface area contributed by atoms with Gasteiger partial charge in [0.2, 0.25) is 0 Å². The lowest BCUT2D eigenvalue weighted by Gasteiger charge is -2.63. The first-order valence-electron chi connectivity index (χ1n) is 13.1. The van der Waals surface area contributed by atoms with E-state index in [0.29, 0.717) is 29.5 Å². The number of aliphatic hydroxyl groups is 1. The largest absolute Gasteiger partial charge is 0.393 e. The molecule has 0 radical (unpaired) electrons. The Kier molecular flexibility index (Phi) is 5.48. The first-order valence-corrected chi connectivity index (χ1v) is 13.1. The molecule has 1 N–H and O–H groups in total. The van der Waals surface area contributed by atoms with Gasteiger partial charge in [-0.3, -0.25) is 4.79 Å². The van der Waals surface area contributed by atoms with Gasteiger partial charge in [-0.2, -0.15) is 0 Å². The van der Waals surface area contributed by atoms with Crippen LogP contribution in [-0.4, -0.2) is 17.0 Å². The highest BCUT2D eigenvalue weighted by Crippen LogP contribution is 2.71. The van der Waals surface area contributed by atoms with Crippen molar-refractivity contribution in [1.29, 1.82) is 0 Å². The second-order valence-electron chi connectivity index (χ2n) is 12.4. The van der Waals surface area contributed by atoms with Crippen molar-refractivity contribution in [2.24, 2.45) is 34.0 Å². The zero-order valence-electron chi connectivity index (χ0n) is 20.6. The summed E-state index contributed by atoms with van der Waals surface area (Å²) in [5.74, 6) is 2.09. The van der Waals surface area contributed by atoms with Gasteiger partial charge in [-0.05, 0) is 104 Å². The molecule has 0 amide bonds. The number of hydrogen-bond acceptors (Lipinski definition) is 2. The quantitative estimate of drug-likeness (QED) is 0.528. The van der Waals surface area contributed by atoms with E-state index in [4.69, 9.17) is 0 Å². The minimum Gasteiger partial charge on any atom is -0.393 e. The van der Waals surface area contributed by atoms with Gasteiger partial charge in [-0.15, -0.1) is 0 Å². The van der Waals surface area contributed by atoms with E-state index in [-0.39, 0.29) is 22.9 Å². The summed E-state index contributed by atoms with van der Waals surface area (Å²) in [6.45, 7) is 9.68. The standard InChI is InChI=1S/C30H42O2/c1-20-7-5-6-8-21(20)9-11-25(32)24-10-12-26-29(24,3)18-15-27-28(2)17-14-23(31)19-22(28)13-16-30(26,27)4/h5-8,13,23-24,26-27,31H,9-12,14-19H2,1-4H3/t23-,24+,26+,27+,28-,29+,30-/m0/s1. The Morgan fingerprint density at radius 3 is 2.56 bits per heavy atom. The van der Waals surface area contributed by atoms with Crippen molar-refractivity contribution in [3.63, 3.8) is 0 Å². The van der Waals surface area contributed by atoms with E-state index in [9.17, 15) is 9.90 Å². The van der Waals surface area contributed by atoms with Crippen LogP contribution in [0.1, 0.15) is 89.7 Å². The summed E-state index contributed by atoms with van der Waals surface area (Å²) in [5, 5.41) is 10.3. The van der Waals surface area contributed by atoms with Gasteiger partial charge in [0.1, 0.15) is 5.78 Å². The van der Waals surface area contributed by atoms with E-state index in [1.165, 1.54) is 36.0 Å². The molecule has 0 aromatic heterocycles. The number of aliphatic hydroxyl groups excluding tert-OH is 1. The van der Waals surface area contributed by atoms with Crippen LogP contribution < -0.4 is 0 Å². The highest BCUT2D eigenvalue weighted by molar-refractivity contribution is 5.82. The highest BCUT2D eigenvalue weighted by Gasteiger charge is 2.64. The Morgan fingerprint density at radius 2 is 1.78 bits per heavy atom. The van der Waals surface area contributed by atoms with Crippen molar-refractivity contribution < 1.29 is 9.90 Å². The molecule has 0 unspecified atom stereocenters. The second kappa shape index (κ2) is 7.83. The maximum absolute atomic E-state index is 13.5. The average molecular weight is 435 g/mol. The van der Waals surface area contributed by atoms with Gasteiger partial charge in [0.05, 0.1) is 6.10 Å². The molecule has 174 valence electrons. The van der Waals surface area contributed by atoms with Crippen LogP contribution in [-0.2, 0) is 11.2 Å². The normalized spacial score (nSPS) is 43.1. The molecule has 0 bridgehead atoms. The molecule has 2 heteroatoms. The van der Waals surface area contributed by atoms with Crippen LogP contribution in [0.25, 0.3) is 0 Å². The molecule has 1 aromatic rings. The van der Waals surface area contributed by atoms with E-state index in [2.05, 4.69) is 58.0 Å². The molecule has 0 saturated heterocycles.